The van der Waals surface area contributed by atoms with Crippen LogP contribution in [-0.4, -0.2) is 17.2 Å². The molecule has 74 valence electrons. The van der Waals surface area contributed by atoms with Crippen LogP contribution in [0.2, 0.25) is 0 Å². The molecule has 1 N–H and O–H groups in total. The summed E-state index contributed by atoms with van der Waals surface area (Å²) in [5.74, 6) is 0.197. The molecule has 0 spiro atoms. The molecule has 2 rings (SSSR count). The minimum atomic E-state index is -0.409. The van der Waals surface area contributed by atoms with Gasteiger partial charge in [-0.2, -0.15) is 0 Å². The third-order valence-electron chi connectivity index (χ3n) is 1.90. The average Bonchev–Trinajstić information content (AvgIpc) is 2.19. The van der Waals surface area contributed by atoms with Crippen LogP contribution in [0.4, 0.5) is 0 Å². The molecule has 0 amide bonds. The summed E-state index contributed by atoms with van der Waals surface area (Å²) >= 11 is 0. The summed E-state index contributed by atoms with van der Waals surface area (Å²) in [7, 11) is 1.43. The summed E-state index contributed by atoms with van der Waals surface area (Å²) in [6.45, 7) is 0. The van der Waals surface area contributed by atoms with Crippen molar-refractivity contribution in [1.29, 1.82) is 0 Å². The molecule has 1 aromatic carbocycles. The molecule has 0 radical (unpaired) electrons. The molecule has 6 heteroatoms. The van der Waals surface area contributed by atoms with Gasteiger partial charge in [0.2, 0.25) is 0 Å². The first-order valence-electron chi connectivity index (χ1n) is 3.91. The van der Waals surface area contributed by atoms with Crippen LogP contribution in [-0.2, 0) is 0 Å². The van der Waals surface area contributed by atoms with Crippen LogP contribution < -0.4 is 15.3 Å². The van der Waals surface area contributed by atoms with Gasteiger partial charge in [0.05, 0.1) is 7.11 Å². The van der Waals surface area contributed by atoms with Crippen molar-refractivity contribution in [2.45, 2.75) is 0 Å². The first kappa shape index (κ1) is 10.0. The Bertz CT molecular complexity index is 538. The van der Waals surface area contributed by atoms with Crippen molar-refractivity contribution in [2.24, 2.45) is 0 Å². The molecule has 0 aliphatic rings. The van der Waals surface area contributed by atoms with Gasteiger partial charge in [-0.3, -0.25) is 4.79 Å². The molecule has 0 bridgehead atoms. The number of aromatic nitrogens is 2. The first-order valence-corrected chi connectivity index (χ1v) is 3.91. The quantitative estimate of drug-likeness (QED) is 0.662. The second kappa shape index (κ2) is 3.37. The Labute approximate surface area is 79.0 Å². The SMILES string of the molecule is COc1cc2nc[n-]c(=O)c2cc1O.[Sg]. The number of phenols is 1. The van der Waals surface area contributed by atoms with E-state index in [4.69, 9.17) is 4.74 Å². The fraction of sp³-hybridized carbons (Fsp3) is 0.111. The fourth-order valence-corrected chi connectivity index (χ4v) is 1.21. The molecular weight excluding hydrogens is 453 g/mol. The summed E-state index contributed by atoms with van der Waals surface area (Å²) in [6, 6.07) is 2.80. The third-order valence-corrected chi connectivity index (χ3v) is 1.90. The Hall–Kier alpha value is -3.04. The van der Waals surface area contributed by atoms with Crippen molar-refractivity contribution in [1.82, 2.24) is 9.97 Å². The molecule has 0 aliphatic carbocycles. The maximum Gasteiger partial charge on any atom is 0.178 e. The van der Waals surface area contributed by atoms with Gasteiger partial charge in [0.25, 0.3) is 0 Å². The van der Waals surface area contributed by atoms with Gasteiger partial charge in [-0.15, -0.1) is 0 Å². The number of phenolic OH excluding ortho intramolecular Hbond substituents is 1. The molecule has 0 saturated heterocycles. The van der Waals surface area contributed by atoms with Crippen LogP contribution in [0.3, 0.4) is 0 Å². The van der Waals surface area contributed by atoms with Crippen LogP contribution in [0.5, 0.6) is 11.5 Å². The van der Waals surface area contributed by atoms with Crippen molar-refractivity contribution < 1.29 is 9.84 Å². The molecular formula is C9H7N2O3Sg-. The number of methoxy groups -OCH3 is 1. The number of benzene rings is 1. The Morgan fingerprint density at radius 1 is 1.47 bits per heavy atom. The number of rotatable bonds is 1. The topological polar surface area (TPSA) is 73.5 Å². The number of nitrogens with zero attached hydrogens (tertiary/aromatic N) is 2. The van der Waals surface area contributed by atoms with Crippen LogP contribution in [0, 0.1) is 0 Å². The number of hydrogen-bond acceptors (Lipinski definition) is 4. The van der Waals surface area contributed by atoms with Crippen molar-refractivity contribution in [3.63, 3.8) is 0 Å². The van der Waals surface area contributed by atoms with E-state index in [1.54, 1.807) is 0 Å². The maximum absolute atomic E-state index is 11.2. The second-order valence-corrected chi connectivity index (χ2v) is 2.72. The largest absolute Gasteiger partial charge is 0.504 e. The Morgan fingerprint density at radius 2 is 2.20 bits per heavy atom. The van der Waals surface area contributed by atoms with E-state index in [-0.39, 0.29) is 16.9 Å². The predicted molar refractivity (Wildman–Crippen MR) is 49.5 cm³/mol. The van der Waals surface area contributed by atoms with Crippen molar-refractivity contribution >= 4 is 10.9 Å². The zero-order valence-electron chi connectivity index (χ0n) is 8.10. The van der Waals surface area contributed by atoms with E-state index in [9.17, 15) is 9.90 Å². The molecule has 1 heterocycles. The average molecular weight is 460 g/mol. The summed E-state index contributed by atoms with van der Waals surface area (Å²) in [5.41, 5.74) is 0.0487. The summed E-state index contributed by atoms with van der Waals surface area (Å²) in [6.07, 6.45) is 1.18. The maximum atomic E-state index is 11.2. The number of hydrogen-bond donors (Lipinski definition) is 1. The Balaban J connectivity index is 0.00000112. The zero-order valence-corrected chi connectivity index (χ0v) is 14.6. The molecule has 0 unspecified atom stereocenters. The Kier molecular flexibility index (Phi) is 2.26. The molecule has 0 aliphatic heterocycles. The van der Waals surface area contributed by atoms with Crippen molar-refractivity contribution in [3.05, 3.63) is 28.8 Å². The molecule has 0 fully saturated rings. The van der Waals surface area contributed by atoms with Gasteiger partial charge < -0.3 is 19.8 Å². The van der Waals surface area contributed by atoms with Gasteiger partial charge in [-0.05, 0) is 17.6 Å². The fourth-order valence-electron chi connectivity index (χ4n) is 1.21. The van der Waals surface area contributed by atoms with E-state index in [1.165, 1.54) is 25.6 Å². The van der Waals surface area contributed by atoms with Gasteiger partial charge in [0.15, 0.2) is 17.1 Å². The van der Waals surface area contributed by atoms with Crippen LogP contribution >= 0.6 is 0 Å². The number of fused-ring (bicyclic) bond motifs is 1. The Morgan fingerprint density at radius 3 is 2.87 bits per heavy atom. The minimum absolute atomic E-state index is 0. The van der Waals surface area contributed by atoms with Gasteiger partial charge in [0, 0.05) is 5.39 Å². The zero-order chi connectivity index (χ0) is 10.1. The number of aromatic hydroxyl groups is 1. The summed E-state index contributed by atoms with van der Waals surface area (Å²) in [5, 5.41) is 9.70. The standard InChI is InChI=1S/C9H8N2O3.Sg/c1-14-8-3-6-5(2-7(8)12)9(13)11-4-10-6;/h2-4H,1H3,(H2,10,11,12,13);/p-1. The monoisotopic (exact) mass is 462 g/mol. The first-order chi connectivity index (χ1) is 6.72. The second-order valence-electron chi connectivity index (χ2n) is 2.72. The van der Waals surface area contributed by atoms with E-state index in [1.807, 2.05) is 0 Å². The van der Waals surface area contributed by atoms with E-state index >= 15 is 0 Å². The van der Waals surface area contributed by atoms with E-state index in [2.05, 4.69) is 9.97 Å². The number of ether oxygens (including phenoxy) is 1. The predicted octanol–water partition coefficient (Wildman–Crippen LogP) is 0.266. The van der Waals surface area contributed by atoms with E-state index < -0.39 is 5.56 Å². The third kappa shape index (κ3) is 1.41. The summed E-state index contributed by atoms with van der Waals surface area (Å²) < 4.78 is 4.88. The van der Waals surface area contributed by atoms with Gasteiger partial charge in [-0.25, -0.2) is 0 Å². The molecule has 15 heavy (non-hydrogen) atoms. The van der Waals surface area contributed by atoms with Crippen LogP contribution in [0.1, 0.15) is 0 Å². The molecule has 0 atom stereocenters. The van der Waals surface area contributed by atoms with Crippen LogP contribution in [0.25, 0.3) is 10.9 Å². The van der Waals surface area contributed by atoms with Crippen LogP contribution in [0.15, 0.2) is 23.3 Å². The van der Waals surface area contributed by atoms with Gasteiger partial charge >= 0.3 is 0 Å². The smallest absolute Gasteiger partial charge is 0.178 e. The minimum Gasteiger partial charge on any atom is -0.504 e. The molecule has 5 nitrogen and oxygen atoms in total. The molecule has 2 aromatic rings. The van der Waals surface area contributed by atoms with Crippen molar-refractivity contribution in [2.75, 3.05) is 7.11 Å². The van der Waals surface area contributed by atoms with E-state index in [0.29, 0.717) is 5.52 Å². The van der Waals surface area contributed by atoms with E-state index in [0.717, 1.165) is 0 Å². The van der Waals surface area contributed by atoms with Gasteiger partial charge in [0.1, 0.15) is 0 Å². The molecule has 0 saturated carbocycles. The molecule has 1 aromatic heterocycles. The van der Waals surface area contributed by atoms with Crippen molar-refractivity contribution in [3.8, 4) is 11.5 Å². The van der Waals surface area contributed by atoms with Gasteiger partial charge in [-0.1, -0.05) is 6.33 Å². The normalized spacial score (nSPS) is 9.67. The summed E-state index contributed by atoms with van der Waals surface area (Å²) in [4.78, 5) is 18.6.